The number of benzene rings is 1. The second kappa shape index (κ2) is 4.97. The fourth-order valence-electron chi connectivity index (χ4n) is 1.91. The Bertz CT molecular complexity index is 693. The standard InChI is InChI=1S/C14H12N2O3S/c1-8-2-5-12(20-8)14(18)15-9-3-4-11-10(6-9)16-13(17)7-19-11/h2-6H,7H2,1H3,(H,15,18)(H,16,17). The number of ether oxygens (including phenoxy) is 1. The quantitative estimate of drug-likeness (QED) is 0.892. The number of hydrogen-bond acceptors (Lipinski definition) is 4. The summed E-state index contributed by atoms with van der Waals surface area (Å²) >= 11 is 1.44. The molecule has 3 rings (SSSR count). The summed E-state index contributed by atoms with van der Waals surface area (Å²) in [6, 6.07) is 8.85. The Kier molecular flexibility index (Phi) is 3.15. The minimum atomic E-state index is -0.199. The summed E-state index contributed by atoms with van der Waals surface area (Å²) in [6.07, 6.45) is 0. The van der Waals surface area contributed by atoms with Crippen LogP contribution >= 0.6 is 11.3 Å². The predicted molar refractivity (Wildman–Crippen MR) is 77.6 cm³/mol. The Morgan fingerprint density at radius 2 is 2.20 bits per heavy atom. The highest BCUT2D eigenvalue weighted by atomic mass is 32.1. The van der Waals surface area contributed by atoms with Gasteiger partial charge in [-0.25, -0.2) is 0 Å². The molecule has 0 fully saturated rings. The van der Waals surface area contributed by atoms with Crippen LogP contribution in [0.15, 0.2) is 30.3 Å². The molecule has 0 bridgehead atoms. The third-order valence-electron chi connectivity index (χ3n) is 2.83. The summed E-state index contributed by atoms with van der Waals surface area (Å²) in [6.45, 7) is 1.97. The van der Waals surface area contributed by atoms with Crippen molar-refractivity contribution in [1.29, 1.82) is 0 Å². The summed E-state index contributed by atoms with van der Waals surface area (Å²) in [7, 11) is 0. The number of amides is 2. The van der Waals surface area contributed by atoms with Gasteiger partial charge in [0.05, 0.1) is 10.6 Å². The molecule has 5 nitrogen and oxygen atoms in total. The lowest BCUT2D eigenvalue weighted by Crippen LogP contribution is -2.25. The Morgan fingerprint density at radius 3 is 2.95 bits per heavy atom. The van der Waals surface area contributed by atoms with Gasteiger partial charge in [-0.2, -0.15) is 0 Å². The normalized spacial score (nSPS) is 13.2. The van der Waals surface area contributed by atoms with Crippen LogP contribution in [0, 0.1) is 6.92 Å². The lowest BCUT2D eigenvalue weighted by molar-refractivity contribution is -0.118. The van der Waals surface area contributed by atoms with Crippen LogP contribution in [-0.2, 0) is 4.79 Å². The average molecular weight is 288 g/mol. The second-order valence-corrected chi connectivity index (χ2v) is 5.70. The molecule has 1 aliphatic heterocycles. The number of thiophene rings is 1. The van der Waals surface area contributed by atoms with E-state index >= 15 is 0 Å². The molecule has 2 heterocycles. The molecule has 0 spiro atoms. The minimum absolute atomic E-state index is 0.0210. The zero-order valence-corrected chi connectivity index (χ0v) is 11.5. The molecule has 20 heavy (non-hydrogen) atoms. The van der Waals surface area contributed by atoms with Crippen molar-refractivity contribution >= 4 is 34.5 Å². The largest absolute Gasteiger partial charge is 0.482 e. The van der Waals surface area contributed by atoms with Crippen LogP contribution in [0.1, 0.15) is 14.5 Å². The molecule has 2 aromatic rings. The van der Waals surface area contributed by atoms with Crippen molar-refractivity contribution in [1.82, 2.24) is 0 Å². The van der Waals surface area contributed by atoms with Crippen molar-refractivity contribution in [3.05, 3.63) is 40.1 Å². The van der Waals surface area contributed by atoms with E-state index in [4.69, 9.17) is 4.74 Å². The fourth-order valence-corrected chi connectivity index (χ4v) is 2.67. The molecule has 1 aromatic heterocycles. The van der Waals surface area contributed by atoms with Crippen molar-refractivity contribution in [2.75, 3.05) is 17.2 Å². The van der Waals surface area contributed by atoms with Crippen LogP contribution in [-0.4, -0.2) is 18.4 Å². The maximum atomic E-state index is 12.0. The molecule has 6 heteroatoms. The molecule has 102 valence electrons. The topological polar surface area (TPSA) is 67.4 Å². The van der Waals surface area contributed by atoms with E-state index in [0.717, 1.165) is 4.88 Å². The van der Waals surface area contributed by atoms with Crippen molar-refractivity contribution in [2.24, 2.45) is 0 Å². The lowest BCUT2D eigenvalue weighted by atomic mass is 10.2. The number of anilines is 2. The first-order valence-corrected chi connectivity index (χ1v) is 6.88. The van der Waals surface area contributed by atoms with E-state index in [9.17, 15) is 9.59 Å². The molecule has 2 amide bonds. The summed E-state index contributed by atoms with van der Waals surface area (Å²) in [5.74, 6) is 0.246. The van der Waals surface area contributed by atoms with Gasteiger partial charge < -0.3 is 15.4 Å². The van der Waals surface area contributed by atoms with Gasteiger partial charge in [-0.15, -0.1) is 11.3 Å². The van der Waals surface area contributed by atoms with Crippen molar-refractivity contribution in [2.45, 2.75) is 6.92 Å². The van der Waals surface area contributed by atoms with Crippen molar-refractivity contribution in [3.63, 3.8) is 0 Å². The molecule has 1 aromatic carbocycles. The first kappa shape index (κ1) is 12.7. The van der Waals surface area contributed by atoms with Crippen molar-refractivity contribution in [3.8, 4) is 5.75 Å². The number of nitrogens with one attached hydrogen (secondary N) is 2. The van der Waals surface area contributed by atoms with E-state index in [-0.39, 0.29) is 18.4 Å². The van der Waals surface area contributed by atoms with Crippen LogP contribution < -0.4 is 15.4 Å². The monoisotopic (exact) mass is 288 g/mol. The highest BCUT2D eigenvalue weighted by Crippen LogP contribution is 2.30. The van der Waals surface area contributed by atoms with Gasteiger partial charge in [0.1, 0.15) is 5.75 Å². The number of carbonyl (C=O) groups is 2. The maximum absolute atomic E-state index is 12.0. The van der Waals surface area contributed by atoms with Crippen LogP contribution in [0.3, 0.4) is 0 Å². The van der Waals surface area contributed by atoms with E-state index < -0.39 is 0 Å². The summed E-state index contributed by atoms with van der Waals surface area (Å²) in [5, 5.41) is 5.51. The second-order valence-electron chi connectivity index (χ2n) is 4.41. The molecule has 0 radical (unpaired) electrons. The van der Waals surface area contributed by atoms with Crippen LogP contribution in [0.5, 0.6) is 5.75 Å². The SMILES string of the molecule is Cc1ccc(C(=O)Nc2ccc3c(c2)NC(=O)CO3)s1. The van der Waals surface area contributed by atoms with E-state index in [2.05, 4.69) is 10.6 Å². The molecule has 0 aliphatic carbocycles. The highest BCUT2D eigenvalue weighted by molar-refractivity contribution is 7.14. The number of carbonyl (C=O) groups excluding carboxylic acids is 2. The van der Waals surface area contributed by atoms with Gasteiger partial charge in [-0.05, 0) is 37.3 Å². The van der Waals surface area contributed by atoms with Crippen LogP contribution in [0.25, 0.3) is 0 Å². The van der Waals surface area contributed by atoms with Gasteiger partial charge in [-0.1, -0.05) is 0 Å². The van der Waals surface area contributed by atoms with Gasteiger partial charge in [0, 0.05) is 10.6 Å². The van der Waals surface area contributed by atoms with Gasteiger partial charge in [0.15, 0.2) is 6.61 Å². The lowest BCUT2D eigenvalue weighted by Gasteiger charge is -2.18. The van der Waals surface area contributed by atoms with Crippen molar-refractivity contribution < 1.29 is 14.3 Å². The van der Waals surface area contributed by atoms with Crippen LogP contribution in [0.4, 0.5) is 11.4 Å². The smallest absolute Gasteiger partial charge is 0.265 e. The van der Waals surface area contributed by atoms with Gasteiger partial charge in [-0.3, -0.25) is 9.59 Å². The number of fused-ring (bicyclic) bond motifs is 1. The Labute approximate surface area is 119 Å². The molecule has 0 atom stereocenters. The summed E-state index contributed by atoms with van der Waals surface area (Å²) < 4.78 is 5.26. The first-order chi connectivity index (χ1) is 9.61. The molecular formula is C14H12N2O3S. The molecule has 0 unspecified atom stereocenters. The summed E-state index contributed by atoms with van der Waals surface area (Å²) in [4.78, 5) is 25.0. The van der Waals surface area contributed by atoms with Gasteiger partial charge in [0.2, 0.25) is 0 Å². The third-order valence-corrected chi connectivity index (χ3v) is 3.83. The zero-order chi connectivity index (χ0) is 14.1. The third kappa shape index (κ3) is 2.50. The van der Waals surface area contributed by atoms with Gasteiger partial charge >= 0.3 is 0 Å². The fraction of sp³-hybridized carbons (Fsp3) is 0.143. The molecule has 0 saturated heterocycles. The highest BCUT2D eigenvalue weighted by Gasteiger charge is 2.17. The number of aryl methyl sites for hydroxylation is 1. The number of rotatable bonds is 2. The summed E-state index contributed by atoms with van der Waals surface area (Å²) in [5.41, 5.74) is 1.19. The molecule has 2 N–H and O–H groups in total. The van der Waals surface area contributed by atoms with Crippen LogP contribution in [0.2, 0.25) is 0 Å². The Balaban J connectivity index is 1.80. The van der Waals surface area contributed by atoms with E-state index in [0.29, 0.717) is 22.0 Å². The number of hydrogen-bond donors (Lipinski definition) is 2. The Hall–Kier alpha value is -2.34. The van der Waals surface area contributed by atoms with E-state index in [1.54, 1.807) is 24.3 Å². The zero-order valence-electron chi connectivity index (χ0n) is 10.7. The molecule has 0 saturated carbocycles. The average Bonchev–Trinajstić information content (AvgIpc) is 2.85. The predicted octanol–water partition coefficient (Wildman–Crippen LogP) is 2.64. The molecule has 1 aliphatic rings. The Morgan fingerprint density at radius 1 is 1.35 bits per heavy atom. The van der Waals surface area contributed by atoms with E-state index in [1.165, 1.54) is 11.3 Å². The first-order valence-electron chi connectivity index (χ1n) is 6.06. The molecular weight excluding hydrogens is 276 g/mol. The minimum Gasteiger partial charge on any atom is -0.482 e. The van der Waals surface area contributed by atoms with Gasteiger partial charge in [0.25, 0.3) is 11.8 Å². The maximum Gasteiger partial charge on any atom is 0.265 e. The van der Waals surface area contributed by atoms with E-state index in [1.807, 2.05) is 13.0 Å².